The first-order chi connectivity index (χ1) is 8.81. The van der Waals surface area contributed by atoms with E-state index in [4.69, 9.17) is 9.47 Å². The molecule has 1 aromatic rings. The molecule has 0 bridgehead atoms. The third-order valence-electron chi connectivity index (χ3n) is 3.00. The van der Waals surface area contributed by atoms with Gasteiger partial charge < -0.3 is 14.8 Å². The first kappa shape index (κ1) is 11.7. The smallest absolute Gasteiger partial charge is 0.231 e. The molecule has 3 rings (SSSR count). The number of rotatable bonds is 2. The van der Waals surface area contributed by atoms with Crippen molar-refractivity contribution in [2.75, 3.05) is 12.5 Å². The zero-order chi connectivity index (χ0) is 12.4. The molecule has 0 amide bonds. The van der Waals surface area contributed by atoms with E-state index in [1.165, 1.54) is 6.42 Å². The average Bonchev–Trinajstić information content (AvgIpc) is 2.84. The summed E-state index contributed by atoms with van der Waals surface area (Å²) in [5.74, 6) is 2.80. The predicted octanol–water partition coefficient (Wildman–Crippen LogP) is 2.39. The lowest BCUT2D eigenvalue weighted by Gasteiger charge is -2.21. The lowest BCUT2D eigenvalue weighted by Crippen LogP contribution is -2.35. The van der Waals surface area contributed by atoms with Crippen molar-refractivity contribution in [1.82, 2.24) is 5.32 Å². The first-order valence-electron chi connectivity index (χ1n) is 6.13. The van der Waals surface area contributed by atoms with E-state index in [2.05, 4.69) is 17.2 Å². The normalized spacial score (nSPS) is 24.1. The average molecular weight is 264 g/mol. The van der Waals surface area contributed by atoms with Crippen molar-refractivity contribution in [3.63, 3.8) is 0 Å². The van der Waals surface area contributed by atoms with Crippen LogP contribution in [0.4, 0.5) is 0 Å². The Morgan fingerprint density at radius 2 is 2.28 bits per heavy atom. The molecule has 4 nitrogen and oxygen atoms in total. The second-order valence-electron chi connectivity index (χ2n) is 4.49. The highest BCUT2D eigenvalue weighted by atomic mass is 32.2. The number of ether oxygens (including phenoxy) is 2. The minimum atomic E-state index is 0.322. The van der Waals surface area contributed by atoms with Gasteiger partial charge in [0.05, 0.1) is 6.54 Å². The van der Waals surface area contributed by atoms with Gasteiger partial charge in [0.2, 0.25) is 6.79 Å². The van der Waals surface area contributed by atoms with E-state index in [0.717, 1.165) is 28.0 Å². The number of hydrogen-bond donors (Lipinski definition) is 1. The minimum Gasteiger partial charge on any atom is -0.454 e. The highest BCUT2D eigenvalue weighted by Crippen LogP contribution is 2.32. The van der Waals surface area contributed by atoms with Gasteiger partial charge in [0.15, 0.2) is 16.7 Å². The number of nitrogens with zero attached hydrogens (tertiary/aromatic N) is 1. The van der Waals surface area contributed by atoms with E-state index in [-0.39, 0.29) is 0 Å². The Labute approximate surface area is 111 Å². The second-order valence-corrected chi connectivity index (χ2v) is 5.58. The van der Waals surface area contributed by atoms with Gasteiger partial charge in [0, 0.05) is 11.8 Å². The molecule has 1 saturated heterocycles. The number of fused-ring (bicyclic) bond motifs is 1. The maximum Gasteiger partial charge on any atom is 0.231 e. The van der Waals surface area contributed by atoms with E-state index in [9.17, 15) is 0 Å². The van der Waals surface area contributed by atoms with E-state index in [0.29, 0.717) is 19.4 Å². The summed E-state index contributed by atoms with van der Waals surface area (Å²) in [5.41, 5.74) is 1.15. The number of hydrogen-bond acceptors (Lipinski definition) is 4. The molecule has 1 N–H and O–H groups in total. The molecule has 0 saturated carbocycles. The Balaban J connectivity index is 1.67. The Hall–Kier alpha value is -1.36. The van der Waals surface area contributed by atoms with Gasteiger partial charge in [0.25, 0.3) is 0 Å². The maximum atomic E-state index is 5.36. The number of aliphatic imine (C=N–C) groups is 1. The van der Waals surface area contributed by atoms with Crippen molar-refractivity contribution in [2.24, 2.45) is 4.99 Å². The zero-order valence-corrected chi connectivity index (χ0v) is 11.1. The number of thioether (sulfide) groups is 1. The van der Waals surface area contributed by atoms with Crippen LogP contribution in [-0.4, -0.2) is 23.8 Å². The van der Waals surface area contributed by atoms with Gasteiger partial charge in [-0.25, -0.2) is 0 Å². The molecule has 18 heavy (non-hydrogen) atoms. The molecule has 1 fully saturated rings. The van der Waals surface area contributed by atoms with E-state index >= 15 is 0 Å². The lowest BCUT2D eigenvalue weighted by atomic mass is 10.2. The standard InChI is InChI=1S/C13H16N2O2S/c1-9-4-5-18-13(15-9)14-7-10-2-3-11-12(6-10)17-8-16-11/h2-3,6,9H,4-5,7-8H2,1H3,(H,14,15). The third-order valence-corrected chi connectivity index (χ3v) is 3.96. The highest BCUT2D eigenvalue weighted by Gasteiger charge is 2.14. The van der Waals surface area contributed by atoms with Crippen LogP contribution in [0.1, 0.15) is 18.9 Å². The van der Waals surface area contributed by atoms with Crippen molar-refractivity contribution in [1.29, 1.82) is 0 Å². The summed E-state index contributed by atoms with van der Waals surface area (Å²) in [6, 6.07) is 6.52. The molecule has 96 valence electrons. The van der Waals surface area contributed by atoms with Gasteiger partial charge in [-0.15, -0.1) is 0 Å². The molecule has 0 radical (unpaired) electrons. The van der Waals surface area contributed by atoms with Crippen LogP contribution in [0.3, 0.4) is 0 Å². The summed E-state index contributed by atoms with van der Waals surface area (Å²) >= 11 is 1.79. The molecule has 0 aromatic heterocycles. The van der Waals surface area contributed by atoms with Crippen LogP contribution >= 0.6 is 11.8 Å². The van der Waals surface area contributed by atoms with Gasteiger partial charge >= 0.3 is 0 Å². The molecule has 5 heteroatoms. The second kappa shape index (κ2) is 5.10. The summed E-state index contributed by atoms with van der Waals surface area (Å²) < 4.78 is 10.6. The van der Waals surface area contributed by atoms with Crippen LogP contribution in [0.2, 0.25) is 0 Å². The van der Waals surface area contributed by atoms with Crippen LogP contribution in [0, 0.1) is 0 Å². The summed E-state index contributed by atoms with van der Waals surface area (Å²) in [7, 11) is 0. The summed E-state index contributed by atoms with van der Waals surface area (Å²) in [6.07, 6.45) is 1.20. The number of amidine groups is 1. The predicted molar refractivity (Wildman–Crippen MR) is 73.4 cm³/mol. The number of nitrogens with one attached hydrogen (secondary N) is 1. The fourth-order valence-corrected chi connectivity index (χ4v) is 3.06. The number of benzene rings is 1. The monoisotopic (exact) mass is 264 g/mol. The lowest BCUT2D eigenvalue weighted by molar-refractivity contribution is 0.174. The Morgan fingerprint density at radius 3 is 3.17 bits per heavy atom. The summed E-state index contributed by atoms with van der Waals surface area (Å²) in [4.78, 5) is 4.60. The van der Waals surface area contributed by atoms with E-state index in [1.807, 2.05) is 18.2 Å². The quantitative estimate of drug-likeness (QED) is 0.890. The molecule has 2 aliphatic heterocycles. The van der Waals surface area contributed by atoms with Crippen molar-refractivity contribution >= 4 is 16.9 Å². The Kier molecular flexibility index (Phi) is 3.32. The molecular formula is C13H16N2O2S. The topological polar surface area (TPSA) is 42.9 Å². The molecule has 0 aliphatic carbocycles. The summed E-state index contributed by atoms with van der Waals surface area (Å²) in [5, 5.41) is 4.44. The fraction of sp³-hybridized carbons (Fsp3) is 0.462. The zero-order valence-electron chi connectivity index (χ0n) is 10.3. The maximum absolute atomic E-state index is 5.36. The molecule has 1 atom stereocenters. The van der Waals surface area contributed by atoms with Gasteiger partial charge in [-0.2, -0.15) is 0 Å². The van der Waals surface area contributed by atoms with Gasteiger partial charge in [-0.1, -0.05) is 17.8 Å². The van der Waals surface area contributed by atoms with Crippen LogP contribution in [0.25, 0.3) is 0 Å². The minimum absolute atomic E-state index is 0.322. The van der Waals surface area contributed by atoms with E-state index in [1.54, 1.807) is 11.8 Å². The van der Waals surface area contributed by atoms with Gasteiger partial charge in [0.1, 0.15) is 0 Å². The SMILES string of the molecule is CC1CCSC(=NCc2ccc3c(c2)OCO3)N1. The molecule has 0 spiro atoms. The molecular weight excluding hydrogens is 248 g/mol. The van der Waals surface area contributed by atoms with E-state index < -0.39 is 0 Å². The molecule has 2 heterocycles. The Morgan fingerprint density at radius 1 is 1.39 bits per heavy atom. The van der Waals surface area contributed by atoms with Crippen molar-refractivity contribution < 1.29 is 9.47 Å². The van der Waals surface area contributed by atoms with Crippen molar-refractivity contribution in [3.8, 4) is 11.5 Å². The van der Waals surface area contributed by atoms with Crippen molar-refractivity contribution in [2.45, 2.75) is 25.9 Å². The Bertz CT molecular complexity index is 476. The van der Waals surface area contributed by atoms with Gasteiger partial charge in [-0.3, -0.25) is 4.99 Å². The third kappa shape index (κ3) is 2.56. The summed E-state index contributed by atoms with van der Waals surface area (Å²) in [6.45, 7) is 3.19. The molecule has 1 aromatic carbocycles. The van der Waals surface area contributed by atoms with Crippen LogP contribution in [-0.2, 0) is 6.54 Å². The fourth-order valence-electron chi connectivity index (χ4n) is 1.95. The molecule has 1 unspecified atom stereocenters. The highest BCUT2D eigenvalue weighted by molar-refractivity contribution is 8.13. The largest absolute Gasteiger partial charge is 0.454 e. The van der Waals surface area contributed by atoms with Crippen LogP contribution in [0.15, 0.2) is 23.2 Å². The van der Waals surface area contributed by atoms with Gasteiger partial charge in [-0.05, 0) is 31.0 Å². The van der Waals surface area contributed by atoms with Crippen molar-refractivity contribution in [3.05, 3.63) is 23.8 Å². The van der Waals surface area contributed by atoms with Crippen LogP contribution in [0.5, 0.6) is 11.5 Å². The van der Waals surface area contributed by atoms with Crippen LogP contribution < -0.4 is 14.8 Å². The first-order valence-corrected chi connectivity index (χ1v) is 7.12. The molecule has 2 aliphatic rings.